The quantitative estimate of drug-likeness (QED) is 0.665. The van der Waals surface area contributed by atoms with E-state index in [9.17, 15) is 9.59 Å². The maximum Gasteiger partial charge on any atom is 0.240 e. The number of nitrogens with one attached hydrogen (secondary N) is 1. The van der Waals surface area contributed by atoms with E-state index in [2.05, 4.69) is 11.4 Å². The monoisotopic (exact) mass is 238 g/mol. The third-order valence-corrected chi connectivity index (χ3v) is 3.01. The van der Waals surface area contributed by atoms with E-state index in [0.717, 1.165) is 12.8 Å². The van der Waals surface area contributed by atoms with Gasteiger partial charge >= 0.3 is 0 Å². The van der Waals surface area contributed by atoms with Gasteiger partial charge in [-0.2, -0.15) is 5.26 Å². The van der Waals surface area contributed by atoms with Crippen LogP contribution >= 0.6 is 0 Å². The molecule has 1 aliphatic rings. The summed E-state index contributed by atoms with van der Waals surface area (Å²) in [5.41, 5.74) is 5.06. The van der Waals surface area contributed by atoms with Crippen molar-refractivity contribution < 1.29 is 9.59 Å². The summed E-state index contributed by atoms with van der Waals surface area (Å²) < 4.78 is 0. The molecule has 2 atom stereocenters. The number of nitrogens with zero attached hydrogens (tertiary/aromatic N) is 2. The first kappa shape index (κ1) is 13.5. The number of likely N-dealkylation sites (tertiary alicyclic amines) is 1. The second-order valence-electron chi connectivity index (χ2n) is 4.17. The number of hydrogen-bond donors (Lipinski definition) is 2. The summed E-state index contributed by atoms with van der Waals surface area (Å²) in [5.74, 6) is -0.533. The Hall–Kier alpha value is -1.61. The van der Waals surface area contributed by atoms with E-state index in [1.54, 1.807) is 11.9 Å². The summed E-state index contributed by atoms with van der Waals surface area (Å²) in [6, 6.07) is 1.36. The Morgan fingerprint density at radius 2 is 2.35 bits per heavy atom. The fourth-order valence-corrected chi connectivity index (χ4v) is 2.04. The predicted molar refractivity (Wildman–Crippen MR) is 61.6 cm³/mol. The Labute approximate surface area is 101 Å². The summed E-state index contributed by atoms with van der Waals surface area (Å²) in [6.45, 7) is 0.617. The van der Waals surface area contributed by atoms with Gasteiger partial charge in [0.1, 0.15) is 6.04 Å². The number of carbonyl (C=O) groups excluding carboxylic acids is 2. The summed E-state index contributed by atoms with van der Waals surface area (Å²) in [7, 11) is 1.67. The normalized spacial score (nSPS) is 20.9. The van der Waals surface area contributed by atoms with Crippen LogP contribution in [0.2, 0.25) is 0 Å². The molecule has 0 aromatic rings. The molecular formula is C11H18N4O2. The first-order valence-electron chi connectivity index (χ1n) is 5.75. The standard InChI is InChI=1S/C11H18N4O2/c1-14-9(4-5-10(13)16)11(17)15-6-2-3-8(15)7-12/h8-9,14H,2-6H2,1H3,(H2,13,16)/t8?,9-/m0/s1. The lowest BCUT2D eigenvalue weighted by Gasteiger charge is -2.25. The van der Waals surface area contributed by atoms with Crippen LogP contribution < -0.4 is 11.1 Å². The second kappa shape index (κ2) is 6.21. The minimum Gasteiger partial charge on any atom is -0.370 e. The van der Waals surface area contributed by atoms with Crippen LogP contribution in [0.15, 0.2) is 0 Å². The third kappa shape index (κ3) is 3.43. The zero-order chi connectivity index (χ0) is 12.8. The fraction of sp³-hybridized carbons (Fsp3) is 0.727. The smallest absolute Gasteiger partial charge is 0.240 e. The van der Waals surface area contributed by atoms with E-state index in [-0.39, 0.29) is 18.4 Å². The maximum atomic E-state index is 12.1. The van der Waals surface area contributed by atoms with E-state index >= 15 is 0 Å². The highest BCUT2D eigenvalue weighted by molar-refractivity contribution is 5.83. The van der Waals surface area contributed by atoms with Gasteiger partial charge in [0.05, 0.1) is 12.1 Å². The van der Waals surface area contributed by atoms with Crippen molar-refractivity contribution in [3.05, 3.63) is 0 Å². The van der Waals surface area contributed by atoms with Crippen LogP contribution in [0, 0.1) is 11.3 Å². The van der Waals surface area contributed by atoms with Gasteiger partial charge in [-0.3, -0.25) is 9.59 Å². The van der Waals surface area contributed by atoms with Crippen LogP contribution in [0.3, 0.4) is 0 Å². The molecule has 94 valence electrons. The molecule has 0 aromatic carbocycles. The summed E-state index contributed by atoms with van der Waals surface area (Å²) in [6.07, 6.45) is 2.13. The average Bonchev–Trinajstić information content (AvgIpc) is 2.77. The van der Waals surface area contributed by atoms with Crippen LogP contribution in [0.25, 0.3) is 0 Å². The van der Waals surface area contributed by atoms with Crippen LogP contribution in [0.5, 0.6) is 0 Å². The summed E-state index contributed by atoms with van der Waals surface area (Å²) >= 11 is 0. The minimum atomic E-state index is -0.434. The SMILES string of the molecule is CN[C@@H](CCC(N)=O)C(=O)N1CCCC1C#N. The van der Waals surface area contributed by atoms with Crippen molar-refractivity contribution in [2.24, 2.45) is 5.73 Å². The van der Waals surface area contributed by atoms with Gasteiger partial charge < -0.3 is 16.0 Å². The number of nitrogens with two attached hydrogens (primary N) is 1. The summed E-state index contributed by atoms with van der Waals surface area (Å²) in [4.78, 5) is 24.4. The Balaban J connectivity index is 2.59. The van der Waals surface area contributed by atoms with Gasteiger partial charge in [-0.15, -0.1) is 0 Å². The lowest BCUT2D eigenvalue weighted by molar-refractivity contribution is -0.133. The van der Waals surface area contributed by atoms with Crippen molar-refractivity contribution in [3.63, 3.8) is 0 Å². The number of rotatable bonds is 5. The number of hydrogen-bond acceptors (Lipinski definition) is 4. The van der Waals surface area contributed by atoms with E-state index in [1.807, 2.05) is 0 Å². The number of nitriles is 1. The van der Waals surface area contributed by atoms with Crippen molar-refractivity contribution in [2.75, 3.05) is 13.6 Å². The molecule has 1 fully saturated rings. The third-order valence-electron chi connectivity index (χ3n) is 3.01. The zero-order valence-electron chi connectivity index (χ0n) is 9.98. The van der Waals surface area contributed by atoms with E-state index in [4.69, 9.17) is 11.0 Å². The van der Waals surface area contributed by atoms with Gasteiger partial charge in [-0.25, -0.2) is 0 Å². The molecule has 1 rings (SSSR count). The van der Waals surface area contributed by atoms with Crippen molar-refractivity contribution in [2.45, 2.75) is 37.8 Å². The molecule has 2 amide bonds. The molecule has 0 radical (unpaired) electrons. The zero-order valence-corrected chi connectivity index (χ0v) is 9.98. The number of carbonyl (C=O) groups is 2. The molecule has 1 unspecified atom stereocenters. The Morgan fingerprint density at radius 1 is 1.65 bits per heavy atom. The lowest BCUT2D eigenvalue weighted by atomic mass is 10.1. The van der Waals surface area contributed by atoms with E-state index in [0.29, 0.717) is 13.0 Å². The Kier molecular flexibility index (Phi) is 4.91. The molecule has 6 nitrogen and oxygen atoms in total. The van der Waals surface area contributed by atoms with Crippen molar-refractivity contribution in [1.29, 1.82) is 5.26 Å². The van der Waals surface area contributed by atoms with Gasteiger partial charge in [-0.05, 0) is 26.3 Å². The van der Waals surface area contributed by atoms with Crippen LogP contribution in [0.1, 0.15) is 25.7 Å². The predicted octanol–water partition coefficient (Wildman–Crippen LogP) is -0.646. The highest BCUT2D eigenvalue weighted by Crippen LogP contribution is 2.18. The van der Waals surface area contributed by atoms with Gasteiger partial charge in [0.2, 0.25) is 11.8 Å². The Morgan fingerprint density at radius 3 is 2.88 bits per heavy atom. The molecule has 0 aromatic heterocycles. The Bertz CT molecular complexity index is 337. The van der Waals surface area contributed by atoms with Crippen LogP contribution in [-0.4, -0.2) is 42.4 Å². The van der Waals surface area contributed by atoms with Crippen LogP contribution in [0.4, 0.5) is 0 Å². The highest BCUT2D eigenvalue weighted by atomic mass is 16.2. The molecule has 1 aliphatic heterocycles. The van der Waals surface area contributed by atoms with Crippen molar-refractivity contribution >= 4 is 11.8 Å². The fourth-order valence-electron chi connectivity index (χ4n) is 2.04. The van der Waals surface area contributed by atoms with Gasteiger partial charge in [0.15, 0.2) is 0 Å². The van der Waals surface area contributed by atoms with Gasteiger partial charge in [0.25, 0.3) is 0 Å². The number of primary amides is 1. The lowest BCUT2D eigenvalue weighted by Crippen LogP contribution is -2.47. The molecule has 1 saturated heterocycles. The van der Waals surface area contributed by atoms with Crippen LogP contribution in [-0.2, 0) is 9.59 Å². The first-order chi connectivity index (χ1) is 8.10. The minimum absolute atomic E-state index is 0.113. The molecule has 0 aliphatic carbocycles. The van der Waals surface area contributed by atoms with Crippen molar-refractivity contribution in [1.82, 2.24) is 10.2 Å². The van der Waals surface area contributed by atoms with E-state index in [1.165, 1.54) is 0 Å². The number of likely N-dealkylation sites (N-methyl/N-ethyl adjacent to an activating group) is 1. The largest absolute Gasteiger partial charge is 0.370 e. The topological polar surface area (TPSA) is 99.2 Å². The molecule has 3 N–H and O–H groups in total. The molecular weight excluding hydrogens is 220 g/mol. The van der Waals surface area contributed by atoms with Gasteiger partial charge in [0, 0.05) is 13.0 Å². The summed E-state index contributed by atoms with van der Waals surface area (Å²) in [5, 5.41) is 11.8. The second-order valence-corrected chi connectivity index (χ2v) is 4.17. The molecule has 0 saturated carbocycles. The molecule has 0 spiro atoms. The number of amides is 2. The average molecular weight is 238 g/mol. The molecule has 6 heteroatoms. The first-order valence-corrected chi connectivity index (χ1v) is 5.75. The van der Waals surface area contributed by atoms with Crippen molar-refractivity contribution in [3.8, 4) is 6.07 Å². The molecule has 0 bridgehead atoms. The maximum absolute atomic E-state index is 12.1. The van der Waals surface area contributed by atoms with Gasteiger partial charge in [-0.1, -0.05) is 0 Å². The highest BCUT2D eigenvalue weighted by Gasteiger charge is 2.32. The van der Waals surface area contributed by atoms with E-state index < -0.39 is 11.9 Å². The molecule has 1 heterocycles. The molecule has 17 heavy (non-hydrogen) atoms.